The quantitative estimate of drug-likeness (QED) is 0.618. The average Bonchev–Trinajstić information content (AvgIpc) is 2.32. The minimum atomic E-state index is -1.56. The molecular weight excluding hydrogens is 246 g/mol. The fourth-order valence-corrected chi connectivity index (χ4v) is 1.14. The molecule has 1 aromatic carbocycles. The van der Waals surface area contributed by atoms with Gasteiger partial charge < -0.3 is 15.8 Å². The largest absolute Gasteiger partial charge is 0.464 e. The summed E-state index contributed by atoms with van der Waals surface area (Å²) in [6.45, 7) is 1.63. The first-order valence-corrected chi connectivity index (χ1v) is 5.13. The van der Waals surface area contributed by atoms with Crippen molar-refractivity contribution >= 4 is 17.6 Å². The number of esters is 1. The molecule has 1 amide bonds. The van der Waals surface area contributed by atoms with Gasteiger partial charge in [0.05, 0.1) is 12.3 Å². The lowest BCUT2D eigenvalue weighted by Gasteiger charge is -2.11. The number of halogens is 2. The third-order valence-electron chi connectivity index (χ3n) is 2.01. The van der Waals surface area contributed by atoms with E-state index in [0.717, 1.165) is 12.1 Å². The lowest BCUT2D eigenvalue weighted by molar-refractivity contribution is -0.146. The highest BCUT2D eigenvalue weighted by Crippen LogP contribution is 2.14. The van der Waals surface area contributed by atoms with Gasteiger partial charge in [0.1, 0.15) is 11.6 Å². The van der Waals surface area contributed by atoms with Crippen LogP contribution in [-0.2, 0) is 14.3 Å². The van der Waals surface area contributed by atoms with Crippen molar-refractivity contribution in [2.24, 2.45) is 5.73 Å². The normalized spacial score (nSPS) is 11.8. The van der Waals surface area contributed by atoms with E-state index < -0.39 is 29.6 Å². The second kappa shape index (κ2) is 6.06. The number of benzene rings is 1. The minimum Gasteiger partial charge on any atom is -0.464 e. The Bertz CT molecular complexity index is 466. The van der Waals surface area contributed by atoms with Crippen molar-refractivity contribution in [1.82, 2.24) is 0 Å². The van der Waals surface area contributed by atoms with Crippen LogP contribution in [0.5, 0.6) is 0 Å². The van der Waals surface area contributed by atoms with Gasteiger partial charge in [0.2, 0.25) is 0 Å². The van der Waals surface area contributed by atoms with Crippen molar-refractivity contribution in [3.8, 4) is 0 Å². The molecule has 0 saturated carbocycles. The molecule has 98 valence electrons. The van der Waals surface area contributed by atoms with Crippen LogP contribution in [0.15, 0.2) is 18.2 Å². The molecule has 1 atom stereocenters. The Morgan fingerprint density at radius 3 is 2.67 bits per heavy atom. The van der Waals surface area contributed by atoms with Gasteiger partial charge in [-0.3, -0.25) is 4.79 Å². The number of nitrogens with two attached hydrogens (primary N) is 1. The molecular formula is C11H12F2N2O3. The predicted octanol–water partition coefficient (Wildman–Crippen LogP) is 0.794. The van der Waals surface area contributed by atoms with Gasteiger partial charge in [-0.2, -0.15) is 0 Å². The van der Waals surface area contributed by atoms with E-state index in [2.05, 4.69) is 10.1 Å². The van der Waals surface area contributed by atoms with Gasteiger partial charge in [-0.05, 0) is 19.1 Å². The average molecular weight is 258 g/mol. The first kappa shape index (κ1) is 14.0. The van der Waals surface area contributed by atoms with Crippen molar-refractivity contribution in [1.29, 1.82) is 0 Å². The Morgan fingerprint density at radius 2 is 2.11 bits per heavy atom. The lowest BCUT2D eigenvalue weighted by atomic mass is 10.2. The molecule has 0 bridgehead atoms. The molecule has 0 heterocycles. The van der Waals surface area contributed by atoms with Crippen molar-refractivity contribution in [3.63, 3.8) is 0 Å². The Balaban J connectivity index is 2.72. The zero-order valence-corrected chi connectivity index (χ0v) is 9.57. The summed E-state index contributed by atoms with van der Waals surface area (Å²) in [6.07, 6.45) is 0. The summed E-state index contributed by atoms with van der Waals surface area (Å²) in [5, 5.41) is 2.07. The van der Waals surface area contributed by atoms with Crippen LogP contribution in [-0.4, -0.2) is 24.5 Å². The van der Waals surface area contributed by atoms with E-state index in [9.17, 15) is 18.4 Å². The van der Waals surface area contributed by atoms with Crippen LogP contribution >= 0.6 is 0 Å². The number of amides is 1. The van der Waals surface area contributed by atoms with Gasteiger partial charge in [0.25, 0.3) is 5.91 Å². The number of carbonyl (C=O) groups excluding carboxylic acids is 2. The van der Waals surface area contributed by atoms with E-state index in [1.807, 2.05) is 0 Å². The number of hydrogen-bond donors (Lipinski definition) is 2. The summed E-state index contributed by atoms with van der Waals surface area (Å²) in [4.78, 5) is 22.6. The zero-order valence-electron chi connectivity index (χ0n) is 9.57. The second-order valence-corrected chi connectivity index (χ2v) is 3.34. The molecule has 1 aromatic rings. The van der Waals surface area contributed by atoms with Gasteiger partial charge >= 0.3 is 5.97 Å². The smallest absolute Gasteiger partial charge is 0.332 e. The van der Waals surface area contributed by atoms with Gasteiger partial charge in [-0.15, -0.1) is 0 Å². The number of hydrogen-bond acceptors (Lipinski definition) is 4. The molecule has 1 rings (SSSR count). The predicted molar refractivity (Wildman–Crippen MR) is 59.6 cm³/mol. The highest BCUT2D eigenvalue weighted by atomic mass is 19.1. The Labute approximate surface area is 102 Å². The van der Waals surface area contributed by atoms with E-state index in [1.165, 1.54) is 0 Å². The van der Waals surface area contributed by atoms with Crippen LogP contribution in [0.1, 0.15) is 6.92 Å². The van der Waals surface area contributed by atoms with Crippen LogP contribution in [0.3, 0.4) is 0 Å². The Hall–Kier alpha value is -2.02. The molecule has 7 heteroatoms. The fourth-order valence-electron chi connectivity index (χ4n) is 1.14. The van der Waals surface area contributed by atoms with Crippen LogP contribution in [0.25, 0.3) is 0 Å². The van der Waals surface area contributed by atoms with Crippen LogP contribution < -0.4 is 11.1 Å². The highest BCUT2D eigenvalue weighted by molar-refractivity contribution is 6.08. The molecule has 5 nitrogen and oxygen atoms in total. The molecule has 0 aliphatic carbocycles. The van der Waals surface area contributed by atoms with E-state index >= 15 is 0 Å². The number of rotatable bonds is 4. The summed E-state index contributed by atoms with van der Waals surface area (Å²) >= 11 is 0. The van der Waals surface area contributed by atoms with E-state index in [0.29, 0.717) is 6.07 Å². The van der Waals surface area contributed by atoms with Gasteiger partial charge in [-0.25, -0.2) is 13.6 Å². The maximum Gasteiger partial charge on any atom is 0.332 e. The third-order valence-corrected chi connectivity index (χ3v) is 2.01. The molecule has 3 N–H and O–H groups in total. The molecule has 0 spiro atoms. The van der Waals surface area contributed by atoms with Crippen LogP contribution in [0, 0.1) is 11.6 Å². The molecule has 0 aliphatic heterocycles. The molecule has 18 heavy (non-hydrogen) atoms. The SMILES string of the molecule is CCOC(=O)C(N)C(=O)Nc1ccc(F)cc1F. The Kier molecular flexibility index (Phi) is 4.73. The summed E-state index contributed by atoms with van der Waals surface area (Å²) in [6, 6.07) is 1.04. The molecule has 0 fully saturated rings. The first-order chi connectivity index (χ1) is 8.45. The highest BCUT2D eigenvalue weighted by Gasteiger charge is 2.24. The van der Waals surface area contributed by atoms with Crippen molar-refractivity contribution in [2.45, 2.75) is 13.0 Å². The second-order valence-electron chi connectivity index (χ2n) is 3.34. The van der Waals surface area contributed by atoms with Crippen molar-refractivity contribution in [2.75, 3.05) is 11.9 Å². The van der Waals surface area contributed by atoms with E-state index in [-0.39, 0.29) is 12.3 Å². The summed E-state index contributed by atoms with van der Waals surface area (Å²) in [5.74, 6) is -3.59. The standard InChI is InChI=1S/C11H12F2N2O3/c1-2-18-11(17)9(14)10(16)15-8-4-3-6(12)5-7(8)13/h3-5,9H,2,14H2,1H3,(H,15,16). The maximum absolute atomic E-state index is 13.2. The number of carbonyl (C=O) groups is 2. The van der Waals surface area contributed by atoms with Gasteiger partial charge in [0.15, 0.2) is 6.04 Å². The van der Waals surface area contributed by atoms with Gasteiger partial charge in [0, 0.05) is 6.07 Å². The molecule has 0 saturated heterocycles. The summed E-state index contributed by atoms with van der Waals surface area (Å²) < 4.78 is 30.4. The van der Waals surface area contributed by atoms with Crippen LogP contribution in [0.4, 0.5) is 14.5 Å². The molecule has 0 radical (unpaired) electrons. The number of ether oxygens (including phenoxy) is 1. The molecule has 0 aromatic heterocycles. The number of nitrogens with one attached hydrogen (secondary N) is 1. The summed E-state index contributed by atoms with van der Waals surface area (Å²) in [5.41, 5.74) is 5.03. The molecule has 0 aliphatic rings. The topological polar surface area (TPSA) is 81.4 Å². The van der Waals surface area contributed by atoms with Crippen molar-refractivity contribution < 1.29 is 23.1 Å². The number of anilines is 1. The van der Waals surface area contributed by atoms with E-state index in [4.69, 9.17) is 5.73 Å². The zero-order chi connectivity index (χ0) is 13.7. The molecule has 1 unspecified atom stereocenters. The fraction of sp³-hybridized carbons (Fsp3) is 0.273. The van der Waals surface area contributed by atoms with Crippen molar-refractivity contribution in [3.05, 3.63) is 29.8 Å². The third kappa shape index (κ3) is 3.49. The monoisotopic (exact) mass is 258 g/mol. The lowest BCUT2D eigenvalue weighted by Crippen LogP contribution is -2.43. The van der Waals surface area contributed by atoms with Crippen LogP contribution in [0.2, 0.25) is 0 Å². The summed E-state index contributed by atoms with van der Waals surface area (Å²) in [7, 11) is 0. The minimum absolute atomic E-state index is 0.0741. The van der Waals surface area contributed by atoms with Gasteiger partial charge in [-0.1, -0.05) is 0 Å². The Morgan fingerprint density at radius 1 is 1.44 bits per heavy atom. The van der Waals surface area contributed by atoms with E-state index in [1.54, 1.807) is 6.92 Å². The first-order valence-electron chi connectivity index (χ1n) is 5.13. The maximum atomic E-state index is 13.2.